The number of aliphatic hydroxyl groups is 5. The molecule has 112 valence electrons. The smallest absolute Gasteiger partial charge is 0.256 e. The molecule has 8 heteroatoms. The highest BCUT2D eigenvalue weighted by atomic mass is 16.4. The molecule has 0 bridgehead atoms. The average molecular weight is 287 g/mol. The lowest BCUT2D eigenvalue weighted by Crippen LogP contribution is -2.50. The van der Waals surface area contributed by atoms with E-state index in [-0.39, 0.29) is 11.4 Å². The summed E-state index contributed by atoms with van der Waals surface area (Å²) < 4.78 is 0. The minimum Gasteiger partial charge on any atom is -0.508 e. The van der Waals surface area contributed by atoms with E-state index in [4.69, 9.17) is 10.2 Å². The molecule has 0 aliphatic carbocycles. The molecule has 0 saturated carbocycles. The van der Waals surface area contributed by atoms with Crippen LogP contribution in [-0.4, -0.2) is 67.6 Å². The van der Waals surface area contributed by atoms with Crippen molar-refractivity contribution in [2.45, 2.75) is 24.4 Å². The molecule has 0 aliphatic rings. The molecule has 0 heterocycles. The van der Waals surface area contributed by atoms with Crippen LogP contribution in [0.25, 0.3) is 0 Å². The van der Waals surface area contributed by atoms with Gasteiger partial charge in [-0.1, -0.05) is 6.07 Å². The predicted octanol–water partition coefficient (Wildman–Crippen LogP) is -2.23. The number of carbonyl (C=O) groups is 1. The molecule has 8 nitrogen and oxygen atoms in total. The lowest BCUT2D eigenvalue weighted by molar-refractivity contribution is -0.144. The van der Waals surface area contributed by atoms with Crippen LogP contribution in [0.2, 0.25) is 0 Å². The number of aromatic hydroxyl groups is 1. The fourth-order valence-corrected chi connectivity index (χ4v) is 1.48. The summed E-state index contributed by atoms with van der Waals surface area (Å²) in [7, 11) is 0. The summed E-state index contributed by atoms with van der Waals surface area (Å²) in [6.07, 6.45) is -7.57. The lowest BCUT2D eigenvalue weighted by atomic mass is 10.0. The molecule has 0 aliphatic heterocycles. The third-order valence-electron chi connectivity index (χ3n) is 2.64. The Morgan fingerprint density at radius 1 is 1.15 bits per heavy atom. The monoisotopic (exact) mass is 287 g/mol. The summed E-state index contributed by atoms with van der Waals surface area (Å²) in [6.45, 7) is -0.834. The van der Waals surface area contributed by atoms with Crippen LogP contribution in [0.4, 0.5) is 5.69 Å². The second-order valence-corrected chi connectivity index (χ2v) is 4.22. The number of hydrogen-bond donors (Lipinski definition) is 7. The van der Waals surface area contributed by atoms with Gasteiger partial charge in [-0.05, 0) is 12.1 Å². The van der Waals surface area contributed by atoms with Gasteiger partial charge >= 0.3 is 0 Å². The Morgan fingerprint density at radius 2 is 1.80 bits per heavy atom. The fraction of sp³-hybridized carbons (Fsp3) is 0.417. The average Bonchev–Trinajstić information content (AvgIpc) is 2.43. The first-order valence-electron chi connectivity index (χ1n) is 5.80. The van der Waals surface area contributed by atoms with Gasteiger partial charge < -0.3 is 36.0 Å². The SMILES string of the molecule is O=C(Nc1cccc(O)c1)C(O)C(O)C(O)C(O)CO. The number of hydrogen-bond acceptors (Lipinski definition) is 7. The largest absolute Gasteiger partial charge is 0.508 e. The zero-order chi connectivity index (χ0) is 15.3. The standard InChI is InChI=1S/C12H17NO7/c14-5-8(16)9(17)10(18)11(19)12(20)13-6-2-1-3-7(15)4-6/h1-4,8-11,14-19H,5H2,(H,13,20). The van der Waals surface area contributed by atoms with Crippen molar-refractivity contribution in [1.29, 1.82) is 0 Å². The topological polar surface area (TPSA) is 150 Å². The molecule has 1 rings (SSSR count). The minimum absolute atomic E-state index is 0.103. The van der Waals surface area contributed by atoms with Gasteiger partial charge in [0, 0.05) is 11.8 Å². The first-order chi connectivity index (χ1) is 9.36. The van der Waals surface area contributed by atoms with Crippen molar-refractivity contribution in [3.05, 3.63) is 24.3 Å². The van der Waals surface area contributed by atoms with Gasteiger partial charge in [0.25, 0.3) is 5.91 Å². The molecule has 0 saturated heterocycles. The van der Waals surface area contributed by atoms with Gasteiger partial charge in [-0.3, -0.25) is 4.79 Å². The van der Waals surface area contributed by atoms with Crippen LogP contribution in [-0.2, 0) is 4.79 Å². The Hall–Kier alpha value is -1.71. The second-order valence-electron chi connectivity index (χ2n) is 4.22. The molecule has 0 spiro atoms. The van der Waals surface area contributed by atoms with Gasteiger partial charge in [0.05, 0.1) is 6.61 Å². The molecule has 0 fully saturated rings. The number of phenols is 1. The van der Waals surface area contributed by atoms with Crippen LogP contribution < -0.4 is 5.32 Å². The molecule has 4 atom stereocenters. The van der Waals surface area contributed by atoms with E-state index in [1.807, 2.05) is 0 Å². The number of rotatable bonds is 6. The van der Waals surface area contributed by atoms with Crippen LogP contribution in [0.5, 0.6) is 5.75 Å². The van der Waals surface area contributed by atoms with E-state index in [0.717, 1.165) is 0 Å². The van der Waals surface area contributed by atoms with Gasteiger partial charge in [0.15, 0.2) is 6.10 Å². The second kappa shape index (κ2) is 7.17. The number of anilines is 1. The van der Waals surface area contributed by atoms with Crippen LogP contribution in [0.1, 0.15) is 0 Å². The van der Waals surface area contributed by atoms with Crippen molar-refractivity contribution in [2.24, 2.45) is 0 Å². The van der Waals surface area contributed by atoms with Crippen molar-refractivity contribution < 1.29 is 35.4 Å². The Bertz CT molecular complexity index is 453. The molecule has 0 aromatic heterocycles. The molecular formula is C12H17NO7. The van der Waals surface area contributed by atoms with Crippen LogP contribution in [0, 0.1) is 0 Å². The molecular weight excluding hydrogens is 270 g/mol. The predicted molar refractivity (Wildman–Crippen MR) is 67.8 cm³/mol. The zero-order valence-electron chi connectivity index (χ0n) is 10.4. The van der Waals surface area contributed by atoms with Gasteiger partial charge in [-0.15, -0.1) is 0 Å². The number of carbonyl (C=O) groups excluding carboxylic acids is 1. The highest BCUT2D eigenvalue weighted by Gasteiger charge is 2.34. The van der Waals surface area contributed by atoms with E-state index in [2.05, 4.69) is 5.32 Å². The van der Waals surface area contributed by atoms with Crippen molar-refractivity contribution in [1.82, 2.24) is 0 Å². The Morgan fingerprint density at radius 3 is 2.35 bits per heavy atom. The quantitative estimate of drug-likeness (QED) is 0.313. The van der Waals surface area contributed by atoms with E-state index in [0.29, 0.717) is 0 Å². The molecule has 20 heavy (non-hydrogen) atoms. The number of phenolic OH excluding ortho intramolecular Hbond substituents is 1. The maximum absolute atomic E-state index is 11.6. The Balaban J connectivity index is 2.67. The maximum atomic E-state index is 11.6. The maximum Gasteiger partial charge on any atom is 0.256 e. The van der Waals surface area contributed by atoms with Crippen molar-refractivity contribution in [2.75, 3.05) is 11.9 Å². The van der Waals surface area contributed by atoms with E-state index in [9.17, 15) is 25.2 Å². The lowest BCUT2D eigenvalue weighted by Gasteiger charge is -2.24. The zero-order valence-corrected chi connectivity index (χ0v) is 10.4. The summed E-state index contributed by atoms with van der Waals surface area (Å²) in [6, 6.07) is 5.49. The third-order valence-corrected chi connectivity index (χ3v) is 2.64. The third kappa shape index (κ3) is 4.15. The van der Waals surface area contributed by atoms with Gasteiger partial charge in [-0.25, -0.2) is 0 Å². The van der Waals surface area contributed by atoms with E-state index in [1.165, 1.54) is 24.3 Å². The normalized spacial score (nSPS) is 17.1. The minimum atomic E-state index is -2.02. The molecule has 7 N–H and O–H groups in total. The number of benzene rings is 1. The number of aliphatic hydroxyl groups excluding tert-OH is 5. The first kappa shape index (κ1) is 16.3. The summed E-state index contributed by atoms with van der Waals surface area (Å²) >= 11 is 0. The van der Waals surface area contributed by atoms with E-state index in [1.54, 1.807) is 0 Å². The number of nitrogens with one attached hydrogen (secondary N) is 1. The highest BCUT2D eigenvalue weighted by molar-refractivity contribution is 5.94. The van der Waals surface area contributed by atoms with E-state index < -0.39 is 36.9 Å². The van der Waals surface area contributed by atoms with Crippen molar-refractivity contribution in [3.63, 3.8) is 0 Å². The fourth-order valence-electron chi connectivity index (χ4n) is 1.48. The summed E-state index contributed by atoms with van der Waals surface area (Å²) in [4.78, 5) is 11.6. The summed E-state index contributed by atoms with van der Waals surface area (Å²) in [5, 5.41) is 57.6. The number of amides is 1. The first-order valence-corrected chi connectivity index (χ1v) is 5.80. The van der Waals surface area contributed by atoms with Crippen molar-refractivity contribution in [3.8, 4) is 5.75 Å². The van der Waals surface area contributed by atoms with E-state index >= 15 is 0 Å². The molecule has 1 aromatic rings. The van der Waals surface area contributed by atoms with Gasteiger partial charge in [-0.2, -0.15) is 0 Å². The van der Waals surface area contributed by atoms with Crippen molar-refractivity contribution >= 4 is 11.6 Å². The molecule has 0 radical (unpaired) electrons. The highest BCUT2D eigenvalue weighted by Crippen LogP contribution is 2.16. The van der Waals surface area contributed by atoms with Crippen LogP contribution in [0.15, 0.2) is 24.3 Å². The summed E-state index contributed by atoms with van der Waals surface area (Å²) in [5.74, 6) is -1.14. The van der Waals surface area contributed by atoms with Crippen LogP contribution in [0.3, 0.4) is 0 Å². The Labute approximate surface area is 114 Å². The van der Waals surface area contributed by atoms with Crippen LogP contribution >= 0.6 is 0 Å². The van der Waals surface area contributed by atoms with Gasteiger partial charge in [0.2, 0.25) is 0 Å². The Kier molecular flexibility index (Phi) is 5.86. The molecule has 1 aromatic carbocycles. The van der Waals surface area contributed by atoms with Gasteiger partial charge in [0.1, 0.15) is 24.1 Å². The molecule has 1 amide bonds. The summed E-state index contributed by atoms with van der Waals surface area (Å²) in [5.41, 5.74) is 0.179. The molecule has 4 unspecified atom stereocenters.